The second-order valence-corrected chi connectivity index (χ2v) is 11.5. The van der Waals surface area contributed by atoms with Crippen molar-refractivity contribution in [3.8, 4) is 5.75 Å². The van der Waals surface area contributed by atoms with E-state index in [1.807, 2.05) is 12.1 Å². The summed E-state index contributed by atoms with van der Waals surface area (Å²) < 4.78 is 5.59. The molecule has 0 aromatic heterocycles. The number of carbonyl (C=O) groups is 1. The molecule has 4 aliphatic carbocycles. The van der Waals surface area contributed by atoms with E-state index in [4.69, 9.17) is 4.74 Å². The number of ether oxygens (including phenoxy) is 1. The van der Waals surface area contributed by atoms with Crippen LogP contribution in [0.5, 0.6) is 5.75 Å². The van der Waals surface area contributed by atoms with Crippen molar-refractivity contribution in [1.29, 1.82) is 0 Å². The summed E-state index contributed by atoms with van der Waals surface area (Å²) in [7, 11) is 1.70. The number of nitrogens with zero attached hydrogens (tertiary/aromatic N) is 2. The summed E-state index contributed by atoms with van der Waals surface area (Å²) in [5.74, 6) is 2.98. The van der Waals surface area contributed by atoms with Gasteiger partial charge in [-0.2, -0.15) is 0 Å². The van der Waals surface area contributed by atoms with Crippen LogP contribution >= 0.6 is 15.9 Å². The summed E-state index contributed by atoms with van der Waals surface area (Å²) in [5, 5.41) is 0. The standard InChI is InChI=1S/C23H31BrN2O2/c1-28-20-4-2-19(3-5-20)25-6-8-26(9-7-25)21(27)15-22-11-17-10-18(12-22)14-23(24,13-17)16-22/h2-5,17-18H,6-16H2,1H3/t17-,18-,22?,23?/m0/s1. The molecule has 0 radical (unpaired) electrons. The van der Waals surface area contributed by atoms with Crippen LogP contribution in [-0.4, -0.2) is 48.4 Å². The Balaban J connectivity index is 1.19. The van der Waals surface area contributed by atoms with Gasteiger partial charge in [-0.3, -0.25) is 4.79 Å². The minimum atomic E-state index is 0.276. The zero-order valence-corrected chi connectivity index (χ0v) is 18.4. The molecule has 5 aliphatic rings. The molecule has 152 valence electrons. The predicted octanol–water partition coefficient (Wildman–Crippen LogP) is 4.47. The van der Waals surface area contributed by atoms with E-state index in [1.165, 1.54) is 44.2 Å². The smallest absolute Gasteiger partial charge is 0.223 e. The summed E-state index contributed by atoms with van der Waals surface area (Å²) in [6, 6.07) is 8.24. The Labute approximate surface area is 176 Å². The fourth-order valence-electron chi connectivity index (χ4n) is 6.98. The molecule has 5 fully saturated rings. The maximum atomic E-state index is 13.2. The highest BCUT2D eigenvalue weighted by Crippen LogP contribution is 2.65. The maximum absolute atomic E-state index is 13.2. The van der Waals surface area contributed by atoms with Gasteiger partial charge in [0.25, 0.3) is 0 Å². The number of methoxy groups -OCH3 is 1. The average Bonchev–Trinajstić information content (AvgIpc) is 2.66. The first-order valence-corrected chi connectivity index (χ1v) is 11.6. The van der Waals surface area contributed by atoms with E-state index in [1.54, 1.807) is 7.11 Å². The Hall–Kier alpha value is -1.23. The highest BCUT2D eigenvalue weighted by atomic mass is 79.9. The van der Waals surface area contributed by atoms with Crippen molar-refractivity contribution >= 4 is 27.5 Å². The molecular weight excluding hydrogens is 416 g/mol. The molecule has 0 N–H and O–H groups in total. The lowest BCUT2D eigenvalue weighted by Gasteiger charge is -2.60. The summed E-state index contributed by atoms with van der Waals surface area (Å²) in [6.07, 6.45) is 8.63. The number of halogens is 1. The van der Waals surface area contributed by atoms with Crippen LogP contribution in [0, 0.1) is 17.3 Å². The lowest BCUT2D eigenvalue weighted by Crippen LogP contribution is -2.55. The second-order valence-electron chi connectivity index (χ2n) is 9.85. The third-order valence-corrected chi connectivity index (χ3v) is 8.63. The molecular formula is C23H31BrN2O2. The Bertz CT molecular complexity index is 727. The number of benzene rings is 1. The molecule has 1 aromatic carbocycles. The van der Waals surface area contributed by atoms with E-state index < -0.39 is 0 Å². The van der Waals surface area contributed by atoms with Gasteiger partial charge in [-0.1, -0.05) is 15.9 Å². The quantitative estimate of drug-likeness (QED) is 0.639. The third kappa shape index (κ3) is 3.44. The molecule has 0 spiro atoms. The highest BCUT2D eigenvalue weighted by Gasteiger charge is 2.57. The zero-order chi connectivity index (χ0) is 19.4. The van der Waals surface area contributed by atoms with Crippen LogP contribution in [0.15, 0.2) is 24.3 Å². The Morgan fingerprint density at radius 2 is 1.71 bits per heavy atom. The Morgan fingerprint density at radius 3 is 2.29 bits per heavy atom. The van der Waals surface area contributed by atoms with Crippen LogP contribution in [0.3, 0.4) is 0 Å². The van der Waals surface area contributed by atoms with Crippen molar-refractivity contribution < 1.29 is 9.53 Å². The van der Waals surface area contributed by atoms with E-state index in [0.29, 0.717) is 10.2 Å². The van der Waals surface area contributed by atoms with Gasteiger partial charge in [-0.05, 0) is 80.0 Å². The van der Waals surface area contributed by atoms with Gasteiger partial charge < -0.3 is 14.5 Å². The molecule has 0 unspecified atom stereocenters. The molecule has 4 nitrogen and oxygen atoms in total. The molecule has 1 aliphatic heterocycles. The molecule has 4 bridgehead atoms. The number of hydrogen-bond acceptors (Lipinski definition) is 3. The highest BCUT2D eigenvalue weighted by molar-refractivity contribution is 9.10. The van der Waals surface area contributed by atoms with Gasteiger partial charge in [0.05, 0.1) is 7.11 Å². The second kappa shape index (κ2) is 6.93. The van der Waals surface area contributed by atoms with Gasteiger partial charge in [0.1, 0.15) is 5.75 Å². The lowest BCUT2D eigenvalue weighted by molar-refractivity contribution is -0.138. The number of anilines is 1. The first kappa shape index (κ1) is 18.8. The van der Waals surface area contributed by atoms with Crippen LogP contribution in [0.1, 0.15) is 44.9 Å². The predicted molar refractivity (Wildman–Crippen MR) is 115 cm³/mol. The maximum Gasteiger partial charge on any atom is 0.223 e. The van der Waals surface area contributed by atoms with Gasteiger partial charge in [0, 0.05) is 42.6 Å². The molecule has 1 aromatic rings. The van der Waals surface area contributed by atoms with Crippen molar-refractivity contribution in [2.75, 3.05) is 38.2 Å². The monoisotopic (exact) mass is 446 g/mol. The molecule has 4 saturated carbocycles. The first-order chi connectivity index (χ1) is 13.5. The van der Waals surface area contributed by atoms with E-state index in [2.05, 4.69) is 37.9 Å². The molecule has 1 heterocycles. The average molecular weight is 447 g/mol. The van der Waals surface area contributed by atoms with Crippen LogP contribution in [0.25, 0.3) is 0 Å². The zero-order valence-electron chi connectivity index (χ0n) is 16.8. The fraction of sp³-hybridized carbons (Fsp3) is 0.696. The first-order valence-electron chi connectivity index (χ1n) is 10.8. The summed E-state index contributed by atoms with van der Waals surface area (Å²) in [6.45, 7) is 3.51. The van der Waals surface area contributed by atoms with E-state index in [-0.39, 0.29) is 5.41 Å². The summed E-state index contributed by atoms with van der Waals surface area (Å²) >= 11 is 4.08. The topological polar surface area (TPSA) is 32.8 Å². The third-order valence-electron chi connectivity index (χ3n) is 7.71. The van der Waals surface area contributed by atoms with Crippen molar-refractivity contribution in [2.24, 2.45) is 17.3 Å². The van der Waals surface area contributed by atoms with Crippen molar-refractivity contribution in [2.45, 2.75) is 49.3 Å². The van der Waals surface area contributed by atoms with Gasteiger partial charge >= 0.3 is 0 Å². The molecule has 28 heavy (non-hydrogen) atoms. The van der Waals surface area contributed by atoms with Crippen molar-refractivity contribution in [3.05, 3.63) is 24.3 Å². The largest absolute Gasteiger partial charge is 0.497 e. The molecule has 1 saturated heterocycles. The summed E-state index contributed by atoms with van der Waals surface area (Å²) in [5.41, 5.74) is 1.49. The number of alkyl halides is 1. The molecule has 5 heteroatoms. The molecule has 6 rings (SSSR count). The van der Waals surface area contributed by atoms with E-state index >= 15 is 0 Å². The van der Waals surface area contributed by atoms with Crippen LogP contribution in [0.2, 0.25) is 0 Å². The van der Waals surface area contributed by atoms with Crippen molar-refractivity contribution in [3.63, 3.8) is 0 Å². The molecule has 1 amide bonds. The number of carbonyl (C=O) groups excluding carboxylic acids is 1. The number of piperazine rings is 1. The Morgan fingerprint density at radius 1 is 1.07 bits per heavy atom. The number of rotatable bonds is 4. The SMILES string of the molecule is COc1ccc(N2CCN(C(=O)CC34C[C@@H]5C[C@H](CC(Br)(C5)C3)C4)CC2)cc1. The number of amides is 1. The normalized spacial score (nSPS) is 36.6. The van der Waals surface area contributed by atoms with Crippen LogP contribution in [-0.2, 0) is 4.79 Å². The van der Waals surface area contributed by atoms with Gasteiger partial charge in [0.15, 0.2) is 0 Å². The fourth-order valence-corrected chi connectivity index (χ4v) is 8.49. The van der Waals surface area contributed by atoms with Crippen molar-refractivity contribution in [1.82, 2.24) is 4.90 Å². The van der Waals surface area contributed by atoms with Crippen LogP contribution in [0.4, 0.5) is 5.69 Å². The minimum Gasteiger partial charge on any atom is -0.497 e. The summed E-state index contributed by atoms with van der Waals surface area (Å²) in [4.78, 5) is 17.7. The van der Waals surface area contributed by atoms with Gasteiger partial charge in [-0.25, -0.2) is 0 Å². The van der Waals surface area contributed by atoms with Crippen LogP contribution < -0.4 is 9.64 Å². The van der Waals surface area contributed by atoms with E-state index in [0.717, 1.165) is 50.2 Å². The Kier molecular flexibility index (Phi) is 4.65. The van der Waals surface area contributed by atoms with Gasteiger partial charge in [0.2, 0.25) is 5.91 Å². The van der Waals surface area contributed by atoms with E-state index in [9.17, 15) is 4.79 Å². The molecule has 2 atom stereocenters. The van der Waals surface area contributed by atoms with Gasteiger partial charge in [-0.15, -0.1) is 0 Å². The number of hydrogen-bond donors (Lipinski definition) is 0. The lowest BCUT2D eigenvalue weighted by atomic mass is 9.48. The minimum absolute atomic E-state index is 0.276.